The molecule has 0 bridgehead atoms. The van der Waals surface area contributed by atoms with Gasteiger partial charge in [-0.25, -0.2) is 4.79 Å². The number of hydrogen-bond donors (Lipinski definition) is 0. The number of benzene rings is 2. The largest absolute Gasteiger partial charge is 0.584 e. The highest BCUT2D eigenvalue weighted by Gasteiger charge is 2.74. The monoisotopic (exact) mass is 322 g/mol. The predicted octanol–water partition coefficient (Wildman–Crippen LogP) is 4.17. The van der Waals surface area contributed by atoms with Gasteiger partial charge in [-0.05, 0) is 29.6 Å². The Labute approximate surface area is 129 Å². The van der Waals surface area contributed by atoms with E-state index in [1.807, 2.05) is 0 Å². The third-order valence-electron chi connectivity index (χ3n) is 3.71. The first kappa shape index (κ1) is 15.2. The van der Waals surface area contributed by atoms with Crippen LogP contribution in [0.3, 0.4) is 0 Å². The number of para-hydroxylation sites is 1. The van der Waals surface area contributed by atoms with Gasteiger partial charge in [0.2, 0.25) is 5.69 Å². The summed E-state index contributed by atoms with van der Waals surface area (Å²) in [5.74, 6) is -1.65. The number of carbonyl (C=O) groups is 2. The van der Waals surface area contributed by atoms with E-state index in [0.29, 0.717) is 0 Å². The number of aryl methyl sites for hydroxylation is 1. The van der Waals surface area contributed by atoms with E-state index in [2.05, 4.69) is 0 Å². The van der Waals surface area contributed by atoms with Crippen molar-refractivity contribution in [2.75, 3.05) is 0 Å². The number of ether oxygens (including phenoxy) is 1. The van der Waals surface area contributed by atoms with Crippen LogP contribution < -0.4 is 9.22 Å². The Hall–Kier alpha value is -2.67. The van der Waals surface area contributed by atoms with E-state index >= 15 is 0 Å². The summed E-state index contributed by atoms with van der Waals surface area (Å²) < 4.78 is 44.0. The average Bonchev–Trinajstić information content (AvgIpc) is 2.81. The Morgan fingerprint density at radius 1 is 1.04 bits per heavy atom. The minimum absolute atomic E-state index is 0.148. The highest BCUT2D eigenvalue weighted by molar-refractivity contribution is 6.18. The fourth-order valence-electron chi connectivity index (χ4n) is 2.70. The minimum atomic E-state index is -5.18. The second kappa shape index (κ2) is 4.92. The summed E-state index contributed by atoms with van der Waals surface area (Å²) in [5, 5.41) is 0. The zero-order chi connectivity index (χ0) is 16.8. The fraction of sp³-hybridized carbons (Fsp3) is 0.125. The molecule has 7 heteroatoms. The van der Waals surface area contributed by atoms with E-state index in [9.17, 15) is 22.8 Å². The van der Waals surface area contributed by atoms with E-state index in [0.717, 1.165) is 0 Å². The number of rotatable bonds is 1. The first-order chi connectivity index (χ1) is 10.8. The third kappa shape index (κ3) is 1.97. The van der Waals surface area contributed by atoms with Crippen molar-refractivity contribution in [3.8, 4) is 5.75 Å². The highest BCUT2D eigenvalue weighted by atomic mass is 19.4. The van der Waals surface area contributed by atoms with Gasteiger partial charge in [0.15, 0.2) is 5.75 Å². The molecule has 1 aliphatic heterocycles. The lowest BCUT2D eigenvalue weighted by Crippen LogP contribution is -2.65. The SMILES string of the molecule is Cc1cccc2c1[N+](C(=O)c1ccccc1)(C(F)(F)F)C(=O)O2. The lowest BCUT2D eigenvalue weighted by atomic mass is 10.1. The highest BCUT2D eigenvalue weighted by Crippen LogP contribution is 2.50. The van der Waals surface area contributed by atoms with Gasteiger partial charge in [-0.1, -0.05) is 30.3 Å². The van der Waals surface area contributed by atoms with E-state index in [4.69, 9.17) is 4.74 Å². The standard InChI is InChI=1S/C16H11F3NO3/c1-10-6-5-9-12-13(10)20(15(22)23-12,16(17,18)19)14(21)11-7-3-2-4-8-11/h2-9H,1H3/q+1. The normalized spacial score (nSPS) is 20.1. The summed E-state index contributed by atoms with van der Waals surface area (Å²) in [6, 6.07) is 11.0. The fourth-order valence-corrected chi connectivity index (χ4v) is 2.70. The van der Waals surface area contributed by atoms with Crippen molar-refractivity contribution in [1.29, 1.82) is 0 Å². The van der Waals surface area contributed by atoms with Crippen molar-refractivity contribution < 1.29 is 27.5 Å². The van der Waals surface area contributed by atoms with Crippen LogP contribution in [0.25, 0.3) is 0 Å². The quantitative estimate of drug-likeness (QED) is 0.584. The molecule has 0 N–H and O–H groups in total. The van der Waals surface area contributed by atoms with Gasteiger partial charge in [0, 0.05) is 5.56 Å². The van der Waals surface area contributed by atoms with Gasteiger partial charge in [-0.15, -0.1) is 13.2 Å². The summed E-state index contributed by atoms with van der Waals surface area (Å²) in [7, 11) is 0. The van der Waals surface area contributed by atoms with Crippen molar-refractivity contribution in [3.63, 3.8) is 0 Å². The number of fused-ring (bicyclic) bond motifs is 1. The Morgan fingerprint density at radius 3 is 2.30 bits per heavy atom. The molecule has 118 valence electrons. The van der Waals surface area contributed by atoms with E-state index in [1.54, 1.807) is 6.07 Å². The summed E-state index contributed by atoms with van der Waals surface area (Å²) in [6.45, 7) is 1.40. The Kier molecular flexibility index (Phi) is 3.26. The number of imide groups is 1. The second-order valence-corrected chi connectivity index (χ2v) is 5.10. The Bertz CT molecular complexity index is 802. The van der Waals surface area contributed by atoms with Crippen LogP contribution in [-0.4, -0.2) is 18.3 Å². The van der Waals surface area contributed by atoms with E-state index < -0.39 is 28.5 Å². The van der Waals surface area contributed by atoms with Crippen LogP contribution in [0.15, 0.2) is 48.5 Å². The maximum atomic E-state index is 13.9. The molecule has 2 aromatic carbocycles. The average molecular weight is 322 g/mol. The maximum Gasteiger partial charge on any atom is 0.584 e. The molecule has 0 radical (unpaired) electrons. The van der Waals surface area contributed by atoms with Crippen LogP contribution in [0.1, 0.15) is 15.9 Å². The van der Waals surface area contributed by atoms with Crippen LogP contribution in [0, 0.1) is 6.92 Å². The predicted molar refractivity (Wildman–Crippen MR) is 75.8 cm³/mol. The van der Waals surface area contributed by atoms with Crippen molar-refractivity contribution in [2.45, 2.75) is 13.2 Å². The molecule has 23 heavy (non-hydrogen) atoms. The Morgan fingerprint density at radius 2 is 1.70 bits per heavy atom. The van der Waals surface area contributed by atoms with Crippen molar-refractivity contribution in [1.82, 2.24) is 4.48 Å². The van der Waals surface area contributed by atoms with Crippen LogP contribution in [-0.2, 0) is 0 Å². The molecule has 3 rings (SSSR count). The second-order valence-electron chi connectivity index (χ2n) is 5.10. The molecule has 0 aliphatic carbocycles. The van der Waals surface area contributed by atoms with Gasteiger partial charge in [0.25, 0.3) is 0 Å². The molecule has 2 amide bonds. The topological polar surface area (TPSA) is 43.4 Å². The number of halogens is 3. The maximum absolute atomic E-state index is 13.9. The molecule has 0 fully saturated rings. The summed E-state index contributed by atoms with van der Waals surface area (Å²) in [6.07, 6.45) is -6.85. The molecule has 4 nitrogen and oxygen atoms in total. The van der Waals surface area contributed by atoms with Crippen molar-refractivity contribution in [2.24, 2.45) is 0 Å². The van der Waals surface area contributed by atoms with E-state index in [1.165, 1.54) is 49.4 Å². The number of nitrogens with zero attached hydrogens (tertiary/aromatic N) is 1. The van der Waals surface area contributed by atoms with Crippen molar-refractivity contribution in [3.05, 3.63) is 59.7 Å². The number of hydrogen-bond acceptors (Lipinski definition) is 3. The first-order valence-electron chi connectivity index (χ1n) is 6.68. The lowest BCUT2D eigenvalue weighted by Gasteiger charge is -2.27. The molecule has 1 heterocycles. The summed E-state index contributed by atoms with van der Waals surface area (Å²) in [5.41, 5.74) is -0.563. The molecule has 1 unspecified atom stereocenters. The molecule has 2 aromatic rings. The van der Waals surface area contributed by atoms with Gasteiger partial charge in [-0.2, -0.15) is 4.79 Å². The number of quaternary nitrogens is 1. The van der Waals surface area contributed by atoms with Gasteiger partial charge in [0.1, 0.15) is 0 Å². The molecule has 0 aromatic heterocycles. The van der Waals surface area contributed by atoms with Crippen LogP contribution in [0.5, 0.6) is 5.75 Å². The van der Waals surface area contributed by atoms with E-state index in [-0.39, 0.29) is 16.9 Å². The zero-order valence-electron chi connectivity index (χ0n) is 11.9. The number of carbonyl (C=O) groups excluding carboxylic acids is 2. The molecule has 0 spiro atoms. The Balaban J connectivity index is 2.34. The number of amides is 2. The van der Waals surface area contributed by atoms with Gasteiger partial charge in [-0.3, -0.25) is 0 Å². The first-order valence-corrected chi connectivity index (χ1v) is 6.68. The summed E-state index contributed by atoms with van der Waals surface area (Å²) in [4.78, 5) is 24.9. The van der Waals surface area contributed by atoms with Crippen LogP contribution in [0.2, 0.25) is 0 Å². The lowest BCUT2D eigenvalue weighted by molar-refractivity contribution is -0.201. The number of alkyl halides is 3. The third-order valence-corrected chi connectivity index (χ3v) is 3.71. The van der Waals surface area contributed by atoms with Gasteiger partial charge in [0.05, 0.1) is 5.56 Å². The molecule has 1 atom stereocenters. The zero-order valence-corrected chi connectivity index (χ0v) is 11.9. The van der Waals surface area contributed by atoms with Crippen molar-refractivity contribution >= 4 is 17.7 Å². The smallest absolute Gasteiger partial charge is 0.373 e. The van der Waals surface area contributed by atoms with Gasteiger partial charge >= 0.3 is 18.3 Å². The van der Waals surface area contributed by atoms with Gasteiger partial charge < -0.3 is 4.74 Å². The molecule has 1 aliphatic rings. The van der Waals surface area contributed by atoms with Crippen LogP contribution >= 0.6 is 0 Å². The molecular formula is C16H11F3NO3+. The molecular weight excluding hydrogens is 311 g/mol. The molecule has 0 saturated carbocycles. The van der Waals surface area contributed by atoms with Crippen LogP contribution in [0.4, 0.5) is 23.7 Å². The minimum Gasteiger partial charge on any atom is -0.373 e. The summed E-state index contributed by atoms with van der Waals surface area (Å²) >= 11 is 0. The molecule has 0 saturated heterocycles.